The number of aliphatic hydroxyl groups excluding tert-OH is 1. The highest BCUT2D eigenvalue weighted by molar-refractivity contribution is 6.38. The average Bonchev–Trinajstić information content (AvgIpc) is 2.63. The van der Waals surface area contributed by atoms with E-state index in [1.807, 2.05) is 44.2 Å². The smallest absolute Gasteiger partial charge is 0.224 e. The van der Waals surface area contributed by atoms with Gasteiger partial charge in [0, 0.05) is 18.6 Å². The second-order valence-electron chi connectivity index (χ2n) is 7.12. The molecule has 0 saturated heterocycles. The Morgan fingerprint density at radius 2 is 1.78 bits per heavy atom. The fourth-order valence-electron chi connectivity index (χ4n) is 2.51. The first-order valence-electron chi connectivity index (χ1n) is 8.66. The molecule has 0 heterocycles. The first-order chi connectivity index (χ1) is 12.7. The molecular weight excluding hydrogens is 385 g/mol. The van der Waals surface area contributed by atoms with Crippen LogP contribution in [0.3, 0.4) is 0 Å². The summed E-state index contributed by atoms with van der Waals surface area (Å²) < 4.78 is 0. The number of carbonyl (C=O) groups is 1. The highest BCUT2D eigenvalue weighted by Gasteiger charge is 2.21. The van der Waals surface area contributed by atoms with E-state index in [0.29, 0.717) is 34.3 Å². The number of amides is 1. The van der Waals surface area contributed by atoms with E-state index in [2.05, 4.69) is 10.6 Å². The first-order valence-corrected chi connectivity index (χ1v) is 9.41. The Morgan fingerprint density at radius 3 is 2.37 bits per heavy atom. The molecule has 1 atom stereocenters. The molecule has 0 bridgehead atoms. The molecule has 0 aromatic heterocycles. The molecular formula is C20H25Cl2N3O2. The van der Waals surface area contributed by atoms with E-state index in [0.717, 1.165) is 5.56 Å². The highest BCUT2D eigenvalue weighted by atomic mass is 35.5. The SMILES string of the molecule is CC(C)(CNC(=O)Cc1ccccc1)NCC(O)c1cc(Cl)c(N)c(Cl)c1. The lowest BCUT2D eigenvalue weighted by molar-refractivity contribution is -0.120. The third-order valence-electron chi connectivity index (χ3n) is 4.20. The van der Waals surface area contributed by atoms with Crippen LogP contribution in [0.15, 0.2) is 42.5 Å². The summed E-state index contributed by atoms with van der Waals surface area (Å²) in [4.78, 5) is 12.1. The Balaban J connectivity index is 1.84. The summed E-state index contributed by atoms with van der Waals surface area (Å²) in [6.07, 6.45) is -0.470. The normalized spacial score (nSPS) is 12.6. The van der Waals surface area contributed by atoms with Gasteiger partial charge in [0.05, 0.1) is 28.3 Å². The summed E-state index contributed by atoms with van der Waals surface area (Å²) in [6, 6.07) is 12.8. The van der Waals surface area contributed by atoms with Crippen LogP contribution in [0.5, 0.6) is 0 Å². The summed E-state index contributed by atoms with van der Waals surface area (Å²) in [5, 5.41) is 17.2. The largest absolute Gasteiger partial charge is 0.396 e. The van der Waals surface area contributed by atoms with Crippen molar-refractivity contribution in [3.05, 3.63) is 63.6 Å². The van der Waals surface area contributed by atoms with Gasteiger partial charge in [0.15, 0.2) is 0 Å². The molecule has 1 amide bonds. The number of nitrogens with two attached hydrogens (primary N) is 1. The van der Waals surface area contributed by atoms with Crippen LogP contribution in [0.2, 0.25) is 10.0 Å². The number of nitrogens with one attached hydrogen (secondary N) is 2. The van der Waals surface area contributed by atoms with Crippen molar-refractivity contribution in [2.45, 2.75) is 31.9 Å². The molecule has 2 aromatic rings. The minimum atomic E-state index is -0.806. The molecule has 146 valence electrons. The van der Waals surface area contributed by atoms with Crippen LogP contribution in [-0.4, -0.2) is 29.6 Å². The van der Waals surface area contributed by atoms with Gasteiger partial charge in [-0.25, -0.2) is 0 Å². The minimum Gasteiger partial charge on any atom is -0.396 e. The van der Waals surface area contributed by atoms with Crippen molar-refractivity contribution in [2.24, 2.45) is 0 Å². The third kappa shape index (κ3) is 6.70. The number of carbonyl (C=O) groups excluding carboxylic acids is 1. The van der Waals surface area contributed by atoms with Crippen LogP contribution in [0.1, 0.15) is 31.1 Å². The quantitative estimate of drug-likeness (QED) is 0.503. The van der Waals surface area contributed by atoms with Crippen molar-refractivity contribution in [2.75, 3.05) is 18.8 Å². The summed E-state index contributed by atoms with van der Waals surface area (Å²) in [6.45, 7) is 4.60. The number of halogens is 2. The molecule has 27 heavy (non-hydrogen) atoms. The van der Waals surface area contributed by atoms with Gasteiger partial charge in [-0.05, 0) is 37.1 Å². The predicted molar refractivity (Wildman–Crippen MR) is 111 cm³/mol. The van der Waals surface area contributed by atoms with E-state index in [1.54, 1.807) is 12.1 Å². The molecule has 0 saturated carbocycles. The van der Waals surface area contributed by atoms with E-state index >= 15 is 0 Å². The third-order valence-corrected chi connectivity index (χ3v) is 4.82. The monoisotopic (exact) mass is 409 g/mol. The highest BCUT2D eigenvalue weighted by Crippen LogP contribution is 2.31. The lowest BCUT2D eigenvalue weighted by atomic mass is 10.0. The molecule has 0 radical (unpaired) electrons. The number of nitrogen functional groups attached to an aromatic ring is 1. The second-order valence-corrected chi connectivity index (χ2v) is 7.93. The Labute approximate surface area is 169 Å². The predicted octanol–water partition coefficient (Wildman–Crippen LogP) is 3.34. The molecule has 0 aliphatic rings. The lowest BCUT2D eigenvalue weighted by Crippen LogP contribution is -2.50. The van der Waals surface area contributed by atoms with Gasteiger partial charge in [-0.15, -0.1) is 0 Å². The minimum absolute atomic E-state index is 0.0475. The van der Waals surface area contributed by atoms with Crippen LogP contribution < -0.4 is 16.4 Å². The van der Waals surface area contributed by atoms with Crippen LogP contribution in [0, 0.1) is 0 Å². The molecule has 0 aliphatic carbocycles. The molecule has 2 aromatic carbocycles. The zero-order valence-electron chi connectivity index (χ0n) is 15.4. The van der Waals surface area contributed by atoms with Crippen molar-refractivity contribution in [1.82, 2.24) is 10.6 Å². The number of hydrogen-bond donors (Lipinski definition) is 4. The van der Waals surface area contributed by atoms with Gasteiger partial charge >= 0.3 is 0 Å². The Hall–Kier alpha value is -1.79. The molecule has 0 aliphatic heterocycles. The van der Waals surface area contributed by atoms with Crippen molar-refractivity contribution in [1.29, 1.82) is 0 Å². The van der Waals surface area contributed by atoms with Crippen LogP contribution in [-0.2, 0) is 11.2 Å². The van der Waals surface area contributed by atoms with Crippen molar-refractivity contribution in [3.63, 3.8) is 0 Å². The van der Waals surface area contributed by atoms with Gasteiger partial charge in [-0.1, -0.05) is 53.5 Å². The van der Waals surface area contributed by atoms with E-state index in [9.17, 15) is 9.90 Å². The van der Waals surface area contributed by atoms with Gasteiger partial charge in [-0.3, -0.25) is 4.79 Å². The van der Waals surface area contributed by atoms with Gasteiger partial charge in [0.25, 0.3) is 0 Å². The fourth-order valence-corrected chi connectivity index (χ4v) is 3.02. The molecule has 5 nitrogen and oxygen atoms in total. The maximum atomic E-state index is 12.1. The zero-order valence-corrected chi connectivity index (χ0v) is 16.9. The number of hydrogen-bond acceptors (Lipinski definition) is 4. The van der Waals surface area contributed by atoms with Crippen molar-refractivity contribution >= 4 is 34.8 Å². The van der Waals surface area contributed by atoms with Gasteiger partial charge in [0.2, 0.25) is 5.91 Å². The maximum Gasteiger partial charge on any atom is 0.224 e. The van der Waals surface area contributed by atoms with E-state index in [1.165, 1.54) is 0 Å². The van der Waals surface area contributed by atoms with E-state index < -0.39 is 11.6 Å². The number of aliphatic hydroxyl groups is 1. The number of benzene rings is 2. The lowest BCUT2D eigenvalue weighted by Gasteiger charge is -2.28. The van der Waals surface area contributed by atoms with Crippen molar-refractivity contribution < 1.29 is 9.90 Å². The Kier molecular flexibility index (Phi) is 7.50. The standard InChI is InChI=1S/C20H25Cl2N3O2/c1-20(2,12-24-18(27)8-13-6-4-3-5-7-13)25-11-17(26)14-9-15(21)19(23)16(22)10-14/h3-7,9-10,17,25-26H,8,11-12,23H2,1-2H3,(H,24,27). The molecule has 2 rings (SSSR count). The summed E-state index contributed by atoms with van der Waals surface area (Å²) >= 11 is 12.0. The number of rotatable bonds is 8. The average molecular weight is 410 g/mol. The number of anilines is 1. The summed E-state index contributed by atoms with van der Waals surface area (Å²) in [7, 11) is 0. The molecule has 0 spiro atoms. The molecule has 5 N–H and O–H groups in total. The van der Waals surface area contributed by atoms with Crippen LogP contribution >= 0.6 is 23.2 Å². The molecule has 7 heteroatoms. The maximum absolute atomic E-state index is 12.1. The van der Waals surface area contributed by atoms with E-state index in [-0.39, 0.29) is 12.5 Å². The van der Waals surface area contributed by atoms with E-state index in [4.69, 9.17) is 28.9 Å². The van der Waals surface area contributed by atoms with Crippen LogP contribution in [0.25, 0.3) is 0 Å². The van der Waals surface area contributed by atoms with Gasteiger partial charge < -0.3 is 21.5 Å². The zero-order chi connectivity index (χ0) is 20.0. The van der Waals surface area contributed by atoms with Gasteiger partial charge in [-0.2, -0.15) is 0 Å². The molecule has 0 fully saturated rings. The fraction of sp³-hybridized carbons (Fsp3) is 0.350. The van der Waals surface area contributed by atoms with Crippen LogP contribution in [0.4, 0.5) is 5.69 Å². The molecule has 1 unspecified atom stereocenters. The Bertz CT molecular complexity index is 759. The number of β-amino-alcohol motifs (C(OH)–C–C–N with tert-alkyl or cyclic N) is 1. The topological polar surface area (TPSA) is 87.4 Å². The Morgan fingerprint density at radius 1 is 1.19 bits per heavy atom. The second kappa shape index (κ2) is 9.42. The van der Waals surface area contributed by atoms with Gasteiger partial charge in [0.1, 0.15) is 0 Å². The first kappa shape index (κ1) is 21.5. The van der Waals surface area contributed by atoms with Crippen molar-refractivity contribution in [3.8, 4) is 0 Å². The summed E-state index contributed by atoms with van der Waals surface area (Å²) in [5.74, 6) is -0.0475. The summed E-state index contributed by atoms with van der Waals surface area (Å²) in [5.41, 5.74) is 7.15.